The summed E-state index contributed by atoms with van der Waals surface area (Å²) in [6, 6.07) is 7.60. The molecule has 1 heterocycles. The molecule has 0 aliphatic carbocycles. The smallest absolute Gasteiger partial charge is 0.218 e. The molecule has 1 aromatic heterocycles. The van der Waals surface area contributed by atoms with E-state index in [-0.39, 0.29) is 19.0 Å². The molecule has 0 unspecified atom stereocenters. The van der Waals surface area contributed by atoms with E-state index in [0.29, 0.717) is 17.1 Å². The molecule has 0 spiro atoms. The third-order valence-corrected chi connectivity index (χ3v) is 3.41. The highest BCUT2D eigenvalue weighted by Crippen LogP contribution is 2.10. The van der Waals surface area contributed by atoms with Gasteiger partial charge in [0.2, 0.25) is 5.96 Å². The van der Waals surface area contributed by atoms with Crippen LogP contribution in [0.3, 0.4) is 0 Å². The average molecular weight is 294 g/mol. The number of benzene rings is 1. The van der Waals surface area contributed by atoms with Crippen molar-refractivity contribution in [2.24, 2.45) is 4.99 Å². The SMILES string of the molecule is Cc1cc(=N)n(C(=NCCO)Nc2ccc(F)cc2)s1. The van der Waals surface area contributed by atoms with Crippen molar-refractivity contribution < 1.29 is 9.50 Å². The Morgan fingerprint density at radius 2 is 2.15 bits per heavy atom. The third-order valence-electron chi connectivity index (χ3n) is 2.45. The minimum atomic E-state index is -0.315. The Hall–Kier alpha value is -1.99. The summed E-state index contributed by atoms with van der Waals surface area (Å²) < 4.78 is 14.5. The van der Waals surface area contributed by atoms with Gasteiger partial charge in [-0.1, -0.05) is 11.5 Å². The molecular formula is C13H15FN4OS. The van der Waals surface area contributed by atoms with E-state index in [4.69, 9.17) is 10.5 Å². The fraction of sp³-hybridized carbons (Fsp3) is 0.231. The number of aliphatic imine (C=N–C) groups is 1. The molecule has 0 saturated heterocycles. The van der Waals surface area contributed by atoms with Gasteiger partial charge in [0.25, 0.3) is 0 Å². The number of anilines is 1. The lowest BCUT2D eigenvalue weighted by Crippen LogP contribution is -2.28. The van der Waals surface area contributed by atoms with Crippen molar-refractivity contribution in [3.05, 3.63) is 46.5 Å². The first-order valence-corrected chi connectivity index (χ1v) is 6.80. The summed E-state index contributed by atoms with van der Waals surface area (Å²) in [6.07, 6.45) is 0. The maximum absolute atomic E-state index is 12.9. The quantitative estimate of drug-likeness (QED) is 0.596. The van der Waals surface area contributed by atoms with Crippen LogP contribution in [-0.2, 0) is 0 Å². The molecule has 3 N–H and O–H groups in total. The van der Waals surface area contributed by atoms with Crippen LogP contribution in [-0.4, -0.2) is 28.2 Å². The molecule has 0 amide bonds. The zero-order valence-corrected chi connectivity index (χ0v) is 11.7. The van der Waals surface area contributed by atoms with Crippen molar-refractivity contribution in [2.75, 3.05) is 18.5 Å². The number of aryl methyl sites for hydroxylation is 1. The molecule has 0 fully saturated rings. The third kappa shape index (κ3) is 3.52. The van der Waals surface area contributed by atoms with Gasteiger partial charge in [-0.3, -0.25) is 5.41 Å². The zero-order valence-electron chi connectivity index (χ0n) is 10.9. The second-order valence-electron chi connectivity index (χ2n) is 4.09. The van der Waals surface area contributed by atoms with Crippen LogP contribution in [0.4, 0.5) is 10.1 Å². The second-order valence-corrected chi connectivity index (χ2v) is 5.28. The van der Waals surface area contributed by atoms with Gasteiger partial charge in [-0.25, -0.2) is 13.3 Å². The zero-order chi connectivity index (χ0) is 14.5. The van der Waals surface area contributed by atoms with Crippen molar-refractivity contribution in [1.82, 2.24) is 3.96 Å². The number of nitrogens with zero attached hydrogens (tertiary/aromatic N) is 2. The van der Waals surface area contributed by atoms with Crippen molar-refractivity contribution in [3.63, 3.8) is 0 Å². The van der Waals surface area contributed by atoms with Gasteiger partial charge in [0.1, 0.15) is 11.3 Å². The van der Waals surface area contributed by atoms with Crippen molar-refractivity contribution in [3.8, 4) is 0 Å². The normalized spacial score (nSPS) is 11.7. The van der Waals surface area contributed by atoms with E-state index < -0.39 is 0 Å². The number of rotatable bonds is 3. The molecule has 0 radical (unpaired) electrons. The van der Waals surface area contributed by atoms with Gasteiger partial charge in [-0.05, 0) is 37.3 Å². The summed E-state index contributed by atoms with van der Waals surface area (Å²) >= 11 is 1.38. The molecular weight excluding hydrogens is 279 g/mol. The maximum atomic E-state index is 12.9. The van der Waals surface area contributed by atoms with E-state index in [9.17, 15) is 4.39 Å². The first-order valence-electron chi connectivity index (χ1n) is 6.03. The highest BCUT2D eigenvalue weighted by Gasteiger charge is 2.07. The second kappa shape index (κ2) is 6.44. The van der Waals surface area contributed by atoms with Crippen molar-refractivity contribution >= 4 is 23.2 Å². The van der Waals surface area contributed by atoms with E-state index in [1.807, 2.05) is 6.92 Å². The number of aromatic nitrogens is 1. The predicted octanol–water partition coefficient (Wildman–Crippen LogP) is 1.79. The van der Waals surface area contributed by atoms with E-state index in [2.05, 4.69) is 10.3 Å². The standard InChI is InChI=1S/C13H15FN4OS/c1-9-8-12(15)18(20-9)13(16-6-7-19)17-11-4-2-10(14)3-5-11/h2-5,8,15,19H,6-7H2,1H3,(H,16,17). The van der Waals surface area contributed by atoms with Gasteiger partial charge < -0.3 is 10.4 Å². The molecule has 20 heavy (non-hydrogen) atoms. The van der Waals surface area contributed by atoms with Crippen LogP contribution in [0.2, 0.25) is 0 Å². The number of aliphatic hydroxyl groups excluding tert-OH is 1. The first kappa shape index (κ1) is 14.4. The fourth-order valence-electron chi connectivity index (χ4n) is 1.60. The molecule has 7 heteroatoms. The Bertz CT molecular complexity index is 660. The van der Waals surface area contributed by atoms with Crippen LogP contribution in [0.5, 0.6) is 0 Å². The molecule has 2 aromatic rings. The van der Waals surface area contributed by atoms with Crippen LogP contribution in [0.1, 0.15) is 4.88 Å². The van der Waals surface area contributed by atoms with Gasteiger partial charge in [0, 0.05) is 10.6 Å². The maximum Gasteiger partial charge on any atom is 0.218 e. The van der Waals surface area contributed by atoms with Crippen LogP contribution < -0.4 is 10.8 Å². The minimum Gasteiger partial charge on any atom is -0.394 e. The summed E-state index contributed by atoms with van der Waals surface area (Å²) in [5, 5.41) is 19.8. The largest absolute Gasteiger partial charge is 0.394 e. The summed E-state index contributed by atoms with van der Waals surface area (Å²) in [6.45, 7) is 2.06. The average Bonchev–Trinajstić information content (AvgIpc) is 2.76. The van der Waals surface area contributed by atoms with Gasteiger partial charge in [0.05, 0.1) is 13.2 Å². The molecule has 5 nitrogen and oxygen atoms in total. The van der Waals surface area contributed by atoms with Crippen LogP contribution in [0.15, 0.2) is 35.3 Å². The number of hydrogen-bond acceptors (Lipinski definition) is 4. The Labute approximate surface area is 119 Å². The van der Waals surface area contributed by atoms with Gasteiger partial charge in [-0.2, -0.15) is 0 Å². The number of halogens is 1. The van der Waals surface area contributed by atoms with E-state index >= 15 is 0 Å². The predicted molar refractivity (Wildman–Crippen MR) is 77.7 cm³/mol. The van der Waals surface area contributed by atoms with E-state index in [0.717, 1.165) is 4.88 Å². The Balaban J connectivity index is 2.31. The first-order chi connectivity index (χ1) is 9.60. The number of aliphatic hydroxyl groups is 1. The Morgan fingerprint density at radius 3 is 2.70 bits per heavy atom. The highest BCUT2D eigenvalue weighted by molar-refractivity contribution is 7.07. The van der Waals surface area contributed by atoms with Crippen LogP contribution in [0.25, 0.3) is 0 Å². The van der Waals surface area contributed by atoms with Gasteiger partial charge >= 0.3 is 0 Å². The molecule has 0 aliphatic heterocycles. The molecule has 0 atom stereocenters. The van der Waals surface area contributed by atoms with Crippen LogP contribution >= 0.6 is 11.5 Å². The number of nitrogens with one attached hydrogen (secondary N) is 2. The van der Waals surface area contributed by atoms with E-state index in [1.165, 1.54) is 23.7 Å². The lowest BCUT2D eigenvalue weighted by atomic mass is 10.3. The summed E-state index contributed by atoms with van der Waals surface area (Å²) in [7, 11) is 0. The number of hydrogen-bond donors (Lipinski definition) is 3. The van der Waals surface area contributed by atoms with Crippen molar-refractivity contribution in [1.29, 1.82) is 5.41 Å². The fourth-order valence-corrected chi connectivity index (χ4v) is 2.39. The summed E-state index contributed by atoms with van der Waals surface area (Å²) in [5.41, 5.74) is 0.972. The van der Waals surface area contributed by atoms with Crippen molar-refractivity contribution in [2.45, 2.75) is 6.92 Å². The topological polar surface area (TPSA) is 73.4 Å². The summed E-state index contributed by atoms with van der Waals surface area (Å²) in [5.74, 6) is 0.124. The lowest BCUT2D eigenvalue weighted by molar-refractivity contribution is 0.307. The van der Waals surface area contributed by atoms with E-state index in [1.54, 1.807) is 22.2 Å². The van der Waals surface area contributed by atoms with Gasteiger partial charge in [0.15, 0.2) is 0 Å². The molecule has 1 aromatic carbocycles. The minimum absolute atomic E-state index is 0.0765. The molecule has 2 rings (SSSR count). The summed E-state index contributed by atoms with van der Waals surface area (Å²) in [4.78, 5) is 5.20. The van der Waals surface area contributed by atoms with Crippen LogP contribution in [0, 0.1) is 18.2 Å². The molecule has 106 valence electrons. The lowest BCUT2D eigenvalue weighted by Gasteiger charge is -2.10. The molecule has 0 bridgehead atoms. The highest BCUT2D eigenvalue weighted by atomic mass is 32.1. The van der Waals surface area contributed by atoms with Gasteiger partial charge in [-0.15, -0.1) is 0 Å². The Kier molecular flexibility index (Phi) is 4.65. The Morgan fingerprint density at radius 1 is 1.45 bits per heavy atom. The molecule has 0 aliphatic rings. The molecule has 0 saturated carbocycles. The monoisotopic (exact) mass is 294 g/mol.